The minimum Gasteiger partial charge on any atom is -0.457 e. The van der Waals surface area contributed by atoms with E-state index in [4.69, 9.17) is 23.6 Å². The van der Waals surface area contributed by atoms with Gasteiger partial charge in [-0.25, -0.2) is 9.78 Å². The van der Waals surface area contributed by atoms with Gasteiger partial charge >= 0.3 is 6.03 Å². The number of urea groups is 1. The lowest BCUT2D eigenvalue weighted by Crippen LogP contribution is -2.31. The van der Waals surface area contributed by atoms with Gasteiger partial charge in [-0.05, 0) is 59.7 Å². The zero-order valence-electron chi connectivity index (χ0n) is 30.3. The van der Waals surface area contributed by atoms with E-state index in [1.807, 2.05) is 140 Å². The molecular formula is C46H39N3O6S. The Bertz CT molecular complexity index is 2270. The molecule has 2 amide bonds. The number of aliphatic hydroxyl groups is 1. The van der Waals surface area contributed by atoms with Crippen molar-refractivity contribution in [2.75, 3.05) is 16.4 Å². The topological polar surface area (TPSA) is 115 Å². The summed E-state index contributed by atoms with van der Waals surface area (Å²) in [5, 5.41) is 15.9. The minimum absolute atomic E-state index is 0.0305. The van der Waals surface area contributed by atoms with Crippen LogP contribution in [0.25, 0.3) is 22.6 Å². The molecule has 2 heterocycles. The van der Waals surface area contributed by atoms with Gasteiger partial charge in [-0.3, -0.25) is 0 Å². The third-order valence-electron chi connectivity index (χ3n) is 9.23. The van der Waals surface area contributed by atoms with Gasteiger partial charge in [-0.15, -0.1) is 0 Å². The van der Waals surface area contributed by atoms with Crippen LogP contribution in [0.15, 0.2) is 173 Å². The van der Waals surface area contributed by atoms with Gasteiger partial charge in [0.2, 0.25) is 0 Å². The smallest absolute Gasteiger partial charge is 0.323 e. The number of amides is 2. The van der Waals surface area contributed by atoms with Crippen LogP contribution in [0.3, 0.4) is 0 Å². The van der Waals surface area contributed by atoms with Gasteiger partial charge in [0.1, 0.15) is 17.2 Å². The monoisotopic (exact) mass is 761 g/mol. The molecule has 0 radical (unpaired) electrons. The quantitative estimate of drug-likeness (QED) is 0.105. The molecule has 56 heavy (non-hydrogen) atoms. The fourth-order valence-electron chi connectivity index (χ4n) is 6.37. The molecular weight excluding hydrogens is 723 g/mol. The summed E-state index contributed by atoms with van der Waals surface area (Å²) in [4.78, 5) is 17.8. The first-order valence-corrected chi connectivity index (χ1v) is 19.3. The van der Waals surface area contributed by atoms with Crippen LogP contribution in [0.2, 0.25) is 0 Å². The average molecular weight is 762 g/mol. The molecule has 1 aliphatic rings. The summed E-state index contributed by atoms with van der Waals surface area (Å²) in [6.07, 6.45) is -0.523. The first-order chi connectivity index (χ1) is 27.6. The summed E-state index contributed by atoms with van der Waals surface area (Å²) >= 11 is 1.51. The number of para-hydroxylation sites is 1. The van der Waals surface area contributed by atoms with Crippen molar-refractivity contribution in [2.45, 2.75) is 36.7 Å². The first-order valence-electron chi connectivity index (χ1n) is 18.3. The molecule has 7 aromatic rings. The Morgan fingerprint density at radius 3 is 1.89 bits per heavy atom. The third kappa shape index (κ3) is 9.19. The van der Waals surface area contributed by atoms with E-state index < -0.39 is 6.29 Å². The summed E-state index contributed by atoms with van der Waals surface area (Å²) in [6.45, 7) is -0.0305. The van der Waals surface area contributed by atoms with Gasteiger partial charge < -0.3 is 34.4 Å². The maximum absolute atomic E-state index is 12.9. The number of rotatable bonds is 12. The number of ether oxygens (including phenoxy) is 3. The maximum Gasteiger partial charge on any atom is 0.323 e. The molecule has 8 rings (SSSR count). The van der Waals surface area contributed by atoms with Gasteiger partial charge in [-0.2, -0.15) is 0 Å². The van der Waals surface area contributed by atoms with Gasteiger partial charge in [-0.1, -0.05) is 127 Å². The lowest BCUT2D eigenvalue weighted by Gasteiger charge is -2.36. The number of aliphatic hydroxyl groups excluding tert-OH is 1. The molecule has 6 aromatic carbocycles. The number of nitrogens with one attached hydrogen (secondary N) is 2. The van der Waals surface area contributed by atoms with Crippen LogP contribution in [0.1, 0.15) is 35.5 Å². The van der Waals surface area contributed by atoms with Gasteiger partial charge in [0.15, 0.2) is 12.1 Å². The van der Waals surface area contributed by atoms with E-state index >= 15 is 0 Å². The average Bonchev–Trinajstić information content (AvgIpc) is 3.69. The Balaban J connectivity index is 0.946. The van der Waals surface area contributed by atoms with E-state index in [-0.39, 0.29) is 24.8 Å². The third-order valence-corrected chi connectivity index (χ3v) is 10.2. The largest absolute Gasteiger partial charge is 0.457 e. The van der Waals surface area contributed by atoms with Crippen molar-refractivity contribution in [1.29, 1.82) is 0 Å². The predicted octanol–water partition coefficient (Wildman–Crippen LogP) is 11.3. The van der Waals surface area contributed by atoms with Crippen LogP contribution in [0, 0.1) is 0 Å². The van der Waals surface area contributed by atoms with Gasteiger partial charge in [0, 0.05) is 40.2 Å². The second kappa shape index (κ2) is 17.5. The molecule has 0 unspecified atom stereocenters. The molecule has 3 N–H and O–H groups in total. The highest BCUT2D eigenvalue weighted by atomic mass is 32.2. The number of aromatic nitrogens is 1. The molecule has 1 aromatic heterocycles. The van der Waals surface area contributed by atoms with Crippen molar-refractivity contribution in [3.8, 4) is 34.1 Å². The van der Waals surface area contributed by atoms with E-state index in [2.05, 4.69) is 10.6 Å². The number of carbonyl (C=O) groups excluding carboxylic acids is 1. The van der Waals surface area contributed by atoms with Crippen molar-refractivity contribution in [2.24, 2.45) is 0 Å². The van der Waals surface area contributed by atoms with Crippen molar-refractivity contribution in [3.63, 3.8) is 0 Å². The van der Waals surface area contributed by atoms with Crippen LogP contribution in [0.5, 0.6) is 11.5 Å². The molecule has 0 aliphatic carbocycles. The Kier molecular flexibility index (Phi) is 11.5. The highest BCUT2D eigenvalue weighted by Gasteiger charge is 2.33. The second-order valence-electron chi connectivity index (χ2n) is 13.2. The highest BCUT2D eigenvalue weighted by Crippen LogP contribution is 2.41. The number of hydrogen-bond donors (Lipinski definition) is 3. The van der Waals surface area contributed by atoms with Gasteiger partial charge in [0.05, 0.1) is 18.8 Å². The van der Waals surface area contributed by atoms with E-state index in [0.29, 0.717) is 34.5 Å². The predicted molar refractivity (Wildman–Crippen MR) is 219 cm³/mol. The molecule has 0 spiro atoms. The number of anilines is 2. The van der Waals surface area contributed by atoms with Crippen molar-refractivity contribution in [3.05, 3.63) is 180 Å². The van der Waals surface area contributed by atoms with Crippen molar-refractivity contribution >= 4 is 29.2 Å². The molecule has 1 aliphatic heterocycles. The molecule has 3 atom stereocenters. The molecule has 280 valence electrons. The highest BCUT2D eigenvalue weighted by molar-refractivity contribution is 7.99. The Morgan fingerprint density at radius 2 is 1.25 bits per heavy atom. The summed E-state index contributed by atoms with van der Waals surface area (Å²) in [6, 6.07) is 51.6. The normalized spacial score (nSPS) is 16.6. The summed E-state index contributed by atoms with van der Waals surface area (Å²) in [5.41, 5.74) is 6.61. The standard InChI is InChI=1S/C46H39N3O6S/c50-29-31-16-18-32(19-17-31)41-28-40(30-56-46-49-42(33-10-4-1-5-11-33)43(55-46)34-12-6-2-7-13-34)53-44(54-41)35-20-22-36(23-21-35)47-45(51)48-37-24-26-39(27-25-37)52-38-14-8-3-9-15-38/h1-27,40-41,44,50H,28-30H2,(H2,47,48,51)/t40-,41+,44+/m1/s1. The van der Waals surface area contributed by atoms with E-state index in [1.165, 1.54) is 11.8 Å². The number of carbonyl (C=O) groups is 1. The van der Waals surface area contributed by atoms with Crippen LogP contribution in [-0.4, -0.2) is 28.0 Å². The Labute approximate surface area is 329 Å². The summed E-state index contributed by atoms with van der Waals surface area (Å²) < 4.78 is 25.4. The van der Waals surface area contributed by atoms with Crippen molar-refractivity contribution in [1.82, 2.24) is 4.98 Å². The fraction of sp³-hybridized carbons (Fsp3) is 0.130. The lowest BCUT2D eigenvalue weighted by molar-refractivity contribution is -0.245. The molecule has 1 saturated heterocycles. The molecule has 0 bridgehead atoms. The van der Waals surface area contributed by atoms with E-state index in [1.54, 1.807) is 24.3 Å². The number of hydrogen-bond acceptors (Lipinski definition) is 8. The van der Waals surface area contributed by atoms with Crippen LogP contribution in [0.4, 0.5) is 16.2 Å². The Morgan fingerprint density at radius 1 is 0.679 bits per heavy atom. The number of benzene rings is 6. The van der Waals surface area contributed by atoms with Crippen LogP contribution < -0.4 is 15.4 Å². The fourth-order valence-corrected chi connectivity index (χ4v) is 7.22. The Hall–Kier alpha value is -6.17. The van der Waals surface area contributed by atoms with Gasteiger partial charge in [0.25, 0.3) is 5.22 Å². The second-order valence-corrected chi connectivity index (χ2v) is 14.2. The summed E-state index contributed by atoms with van der Waals surface area (Å²) in [5.74, 6) is 2.71. The number of thioether (sulfide) groups is 1. The van der Waals surface area contributed by atoms with Crippen molar-refractivity contribution < 1.29 is 28.5 Å². The molecule has 1 fully saturated rings. The molecule has 0 saturated carbocycles. The van der Waals surface area contributed by atoms with E-state index in [0.717, 1.165) is 45.0 Å². The molecule has 9 nitrogen and oxygen atoms in total. The minimum atomic E-state index is -0.666. The zero-order valence-corrected chi connectivity index (χ0v) is 31.1. The maximum atomic E-state index is 12.9. The summed E-state index contributed by atoms with van der Waals surface area (Å²) in [7, 11) is 0. The zero-order chi connectivity index (χ0) is 38.1. The molecule has 10 heteroatoms. The lowest BCUT2D eigenvalue weighted by atomic mass is 10.0. The SMILES string of the molecule is O=C(Nc1ccc(Oc2ccccc2)cc1)Nc1ccc([C@H]2O[C@@H](CSc3nc(-c4ccccc4)c(-c4ccccc4)o3)C[C@@H](c3ccc(CO)cc3)O2)cc1. The number of nitrogens with zero attached hydrogens (tertiary/aromatic N) is 1. The van der Waals surface area contributed by atoms with E-state index in [9.17, 15) is 9.90 Å². The van der Waals surface area contributed by atoms with Crippen LogP contribution in [-0.2, 0) is 16.1 Å². The van der Waals surface area contributed by atoms with Crippen LogP contribution >= 0.6 is 11.8 Å². The first kappa shape index (κ1) is 36.8. The number of oxazole rings is 1.